The van der Waals surface area contributed by atoms with E-state index in [9.17, 15) is 14.4 Å². The topological polar surface area (TPSA) is 142 Å². The van der Waals surface area contributed by atoms with E-state index in [0.717, 1.165) is 4.90 Å². The third-order valence-corrected chi connectivity index (χ3v) is 2.50. The third-order valence-electron chi connectivity index (χ3n) is 2.50. The molecule has 9 heteroatoms. The molecule has 0 saturated carbocycles. The van der Waals surface area contributed by atoms with E-state index in [2.05, 4.69) is 5.32 Å². The van der Waals surface area contributed by atoms with Crippen LogP contribution < -0.4 is 11.1 Å². The average molecular weight is 261 g/mol. The Kier molecular flexibility index (Phi) is 4.86. The lowest BCUT2D eigenvalue weighted by Crippen LogP contribution is -2.59. The van der Waals surface area contributed by atoms with Crippen molar-refractivity contribution >= 4 is 17.9 Å². The summed E-state index contributed by atoms with van der Waals surface area (Å²) in [6.07, 6.45) is 0. The number of hydrogen-bond donors (Lipinski definition) is 4. The van der Waals surface area contributed by atoms with E-state index in [1.165, 1.54) is 0 Å². The van der Waals surface area contributed by atoms with Gasteiger partial charge >= 0.3 is 12.0 Å². The fourth-order valence-corrected chi connectivity index (χ4v) is 1.50. The van der Waals surface area contributed by atoms with E-state index >= 15 is 0 Å². The van der Waals surface area contributed by atoms with Crippen molar-refractivity contribution in [1.82, 2.24) is 10.2 Å². The lowest BCUT2D eigenvalue weighted by Gasteiger charge is -2.34. The summed E-state index contributed by atoms with van der Waals surface area (Å²) >= 11 is 0. The Balaban J connectivity index is 2.68. The molecule has 0 radical (unpaired) electrons. The molecule has 2 unspecified atom stereocenters. The van der Waals surface area contributed by atoms with Crippen LogP contribution in [0.4, 0.5) is 4.79 Å². The molecule has 102 valence electrons. The highest BCUT2D eigenvalue weighted by molar-refractivity contribution is 5.88. The highest BCUT2D eigenvalue weighted by Gasteiger charge is 2.33. The largest absolute Gasteiger partial charge is 0.480 e. The number of amides is 3. The quantitative estimate of drug-likeness (QED) is 0.434. The number of carboxylic acid groups (broad SMARTS) is 1. The van der Waals surface area contributed by atoms with Gasteiger partial charge in [0.25, 0.3) is 0 Å². The van der Waals surface area contributed by atoms with E-state index in [1.807, 2.05) is 0 Å². The normalized spacial score (nSPS) is 21.2. The minimum absolute atomic E-state index is 0.0282. The zero-order valence-corrected chi connectivity index (χ0v) is 9.54. The first kappa shape index (κ1) is 14.2. The zero-order chi connectivity index (χ0) is 13.7. The van der Waals surface area contributed by atoms with Crippen LogP contribution >= 0.6 is 0 Å². The van der Waals surface area contributed by atoms with Crippen LogP contribution in [-0.2, 0) is 14.3 Å². The van der Waals surface area contributed by atoms with Crippen molar-refractivity contribution in [2.45, 2.75) is 12.1 Å². The smallest absolute Gasteiger partial charge is 0.328 e. The first-order valence-electron chi connectivity index (χ1n) is 5.25. The van der Waals surface area contributed by atoms with Crippen molar-refractivity contribution in [2.75, 3.05) is 26.4 Å². The van der Waals surface area contributed by atoms with Gasteiger partial charge in [0, 0.05) is 6.54 Å². The minimum atomic E-state index is -1.42. The van der Waals surface area contributed by atoms with E-state index in [1.54, 1.807) is 0 Å². The lowest BCUT2D eigenvalue weighted by molar-refractivity contribution is -0.140. The summed E-state index contributed by atoms with van der Waals surface area (Å²) in [4.78, 5) is 34.6. The predicted octanol–water partition coefficient (Wildman–Crippen LogP) is -2.67. The number of carbonyl (C=O) groups excluding carboxylic acids is 2. The maximum absolute atomic E-state index is 11.8. The number of carbonyl (C=O) groups is 3. The number of carboxylic acids is 1. The Hall–Kier alpha value is -1.87. The summed E-state index contributed by atoms with van der Waals surface area (Å²) in [5, 5.41) is 19.6. The molecule has 0 bridgehead atoms. The molecule has 1 saturated heterocycles. The van der Waals surface area contributed by atoms with Crippen molar-refractivity contribution in [1.29, 1.82) is 0 Å². The Labute approximate surface area is 102 Å². The molecule has 9 nitrogen and oxygen atoms in total. The number of ether oxygens (including phenoxy) is 1. The summed E-state index contributed by atoms with van der Waals surface area (Å²) < 4.78 is 5.01. The van der Waals surface area contributed by atoms with Gasteiger partial charge in [-0.15, -0.1) is 0 Å². The second kappa shape index (κ2) is 6.17. The van der Waals surface area contributed by atoms with Crippen LogP contribution in [0.2, 0.25) is 0 Å². The molecule has 0 aliphatic carbocycles. The highest BCUT2D eigenvalue weighted by atomic mass is 16.5. The molecule has 1 fully saturated rings. The zero-order valence-electron chi connectivity index (χ0n) is 9.54. The Bertz CT molecular complexity index is 347. The van der Waals surface area contributed by atoms with Gasteiger partial charge in [-0.05, 0) is 0 Å². The molecular weight excluding hydrogens is 246 g/mol. The van der Waals surface area contributed by atoms with Gasteiger partial charge in [0.05, 0.1) is 19.8 Å². The molecule has 0 spiro atoms. The summed E-state index contributed by atoms with van der Waals surface area (Å²) in [5.74, 6) is -2.10. The molecule has 1 heterocycles. The summed E-state index contributed by atoms with van der Waals surface area (Å²) in [6, 6.07) is -3.13. The molecular formula is C9H15N3O6. The van der Waals surface area contributed by atoms with Crippen molar-refractivity contribution in [3.8, 4) is 0 Å². The minimum Gasteiger partial charge on any atom is -0.480 e. The van der Waals surface area contributed by atoms with Crippen molar-refractivity contribution < 1.29 is 29.3 Å². The molecule has 2 atom stereocenters. The number of nitrogens with one attached hydrogen (secondary N) is 1. The Morgan fingerprint density at radius 1 is 1.50 bits per heavy atom. The Morgan fingerprint density at radius 2 is 2.17 bits per heavy atom. The average Bonchev–Trinajstić information content (AvgIpc) is 2.35. The van der Waals surface area contributed by atoms with Gasteiger partial charge in [-0.25, -0.2) is 9.59 Å². The van der Waals surface area contributed by atoms with Crippen LogP contribution in [-0.4, -0.2) is 71.5 Å². The van der Waals surface area contributed by atoms with Crippen molar-refractivity contribution in [3.63, 3.8) is 0 Å². The molecule has 0 aromatic carbocycles. The van der Waals surface area contributed by atoms with Crippen LogP contribution in [0.25, 0.3) is 0 Å². The Morgan fingerprint density at radius 3 is 2.67 bits per heavy atom. The van der Waals surface area contributed by atoms with E-state index < -0.39 is 36.6 Å². The second-order valence-corrected chi connectivity index (χ2v) is 3.71. The SMILES string of the molecule is NC(=O)C1COCCN1C(=O)NC(CO)C(=O)O. The standard InChI is InChI=1S/C9H15N3O6/c10-7(14)6-4-18-2-1-12(6)9(17)11-5(3-13)8(15)16/h5-6,13H,1-4H2,(H2,10,14)(H,11,17)(H,15,16). The monoisotopic (exact) mass is 261 g/mol. The summed E-state index contributed by atoms with van der Waals surface area (Å²) in [7, 11) is 0. The maximum Gasteiger partial charge on any atom is 0.328 e. The number of hydrogen-bond acceptors (Lipinski definition) is 5. The van der Waals surface area contributed by atoms with Gasteiger partial charge in [-0.1, -0.05) is 0 Å². The number of aliphatic hydroxyl groups excluding tert-OH is 1. The van der Waals surface area contributed by atoms with E-state index in [0.29, 0.717) is 0 Å². The van der Waals surface area contributed by atoms with E-state index in [4.69, 9.17) is 20.7 Å². The first-order chi connectivity index (χ1) is 8.47. The van der Waals surface area contributed by atoms with Crippen LogP contribution in [0.3, 0.4) is 0 Å². The molecule has 18 heavy (non-hydrogen) atoms. The highest BCUT2D eigenvalue weighted by Crippen LogP contribution is 2.07. The fraction of sp³-hybridized carbons (Fsp3) is 0.667. The second-order valence-electron chi connectivity index (χ2n) is 3.71. The molecule has 0 aromatic heterocycles. The van der Waals surface area contributed by atoms with Gasteiger partial charge in [-0.2, -0.15) is 0 Å². The number of aliphatic carboxylic acids is 1. The van der Waals surface area contributed by atoms with Gasteiger partial charge in [-0.3, -0.25) is 4.79 Å². The van der Waals surface area contributed by atoms with Gasteiger partial charge in [0.15, 0.2) is 6.04 Å². The number of nitrogens with two attached hydrogens (primary N) is 1. The number of nitrogens with zero attached hydrogens (tertiary/aromatic N) is 1. The van der Waals surface area contributed by atoms with Crippen LogP contribution in [0.1, 0.15) is 0 Å². The van der Waals surface area contributed by atoms with Crippen LogP contribution in [0, 0.1) is 0 Å². The molecule has 1 aliphatic heterocycles. The van der Waals surface area contributed by atoms with Gasteiger partial charge in [0.2, 0.25) is 5.91 Å². The maximum atomic E-state index is 11.8. The molecule has 5 N–H and O–H groups in total. The molecule has 1 aliphatic rings. The first-order valence-corrected chi connectivity index (χ1v) is 5.25. The number of morpholine rings is 1. The summed E-state index contributed by atoms with van der Waals surface area (Å²) in [6.45, 7) is -0.419. The predicted molar refractivity (Wildman–Crippen MR) is 57.5 cm³/mol. The third kappa shape index (κ3) is 3.31. The van der Waals surface area contributed by atoms with Gasteiger partial charge in [0.1, 0.15) is 6.04 Å². The van der Waals surface area contributed by atoms with Crippen LogP contribution in [0.5, 0.6) is 0 Å². The van der Waals surface area contributed by atoms with Crippen molar-refractivity contribution in [3.05, 3.63) is 0 Å². The number of aliphatic hydroxyl groups is 1. The number of primary amides is 1. The fourth-order valence-electron chi connectivity index (χ4n) is 1.50. The number of rotatable bonds is 4. The molecule has 0 aromatic rings. The summed E-state index contributed by atoms with van der Waals surface area (Å²) in [5.41, 5.74) is 5.11. The van der Waals surface area contributed by atoms with Crippen LogP contribution in [0.15, 0.2) is 0 Å². The molecule has 3 amide bonds. The van der Waals surface area contributed by atoms with Gasteiger partial charge < -0.3 is 30.9 Å². The number of urea groups is 1. The van der Waals surface area contributed by atoms with Crippen molar-refractivity contribution in [2.24, 2.45) is 5.73 Å². The molecule has 1 rings (SSSR count). The van der Waals surface area contributed by atoms with E-state index in [-0.39, 0.29) is 19.8 Å². The lowest BCUT2D eigenvalue weighted by atomic mass is 10.2.